The highest BCUT2D eigenvalue weighted by molar-refractivity contribution is 5.58. The van der Waals surface area contributed by atoms with Crippen LogP contribution in [-0.4, -0.2) is 31.3 Å². The number of likely N-dealkylation sites (N-methyl/N-ethyl adjacent to an activating group) is 1. The molecule has 0 rings (SSSR count). The second-order valence-corrected chi connectivity index (χ2v) is 2.08. The fourth-order valence-corrected chi connectivity index (χ4v) is 0.473. The molecule has 0 saturated heterocycles. The van der Waals surface area contributed by atoms with Crippen LogP contribution in [0.1, 0.15) is 6.42 Å². The van der Waals surface area contributed by atoms with E-state index in [1.54, 1.807) is 4.90 Å². The summed E-state index contributed by atoms with van der Waals surface area (Å²) in [5, 5.41) is 0. The minimum Gasteiger partial charge on any atom is -0.302 e. The second kappa shape index (κ2) is 4.11. The highest BCUT2D eigenvalue weighted by atomic mass is 16.1. The lowest BCUT2D eigenvalue weighted by Gasteiger charge is -2.14. The SMILES string of the molecule is C#CCC(C=O)N(C)C. The average molecular weight is 125 g/mol. The van der Waals surface area contributed by atoms with E-state index in [-0.39, 0.29) is 6.04 Å². The number of hydrogen-bond acceptors (Lipinski definition) is 2. The third kappa shape index (κ3) is 2.89. The van der Waals surface area contributed by atoms with Crippen molar-refractivity contribution in [2.24, 2.45) is 0 Å². The van der Waals surface area contributed by atoms with Gasteiger partial charge in [0.25, 0.3) is 0 Å². The summed E-state index contributed by atoms with van der Waals surface area (Å²) in [6.07, 6.45) is 6.36. The maximum Gasteiger partial charge on any atom is 0.138 e. The van der Waals surface area contributed by atoms with Gasteiger partial charge in [-0.1, -0.05) is 0 Å². The van der Waals surface area contributed by atoms with Crippen molar-refractivity contribution in [1.82, 2.24) is 4.90 Å². The zero-order chi connectivity index (χ0) is 7.28. The molecule has 0 radical (unpaired) electrons. The largest absolute Gasteiger partial charge is 0.302 e. The van der Waals surface area contributed by atoms with Crippen molar-refractivity contribution in [3.05, 3.63) is 0 Å². The van der Waals surface area contributed by atoms with Crippen LogP contribution < -0.4 is 0 Å². The number of carbonyl (C=O) groups excluding carboxylic acids is 1. The summed E-state index contributed by atoms with van der Waals surface area (Å²) in [7, 11) is 3.66. The summed E-state index contributed by atoms with van der Waals surface area (Å²) in [5.41, 5.74) is 0. The molecule has 1 atom stereocenters. The first-order chi connectivity index (χ1) is 4.22. The molecule has 0 spiro atoms. The van der Waals surface area contributed by atoms with Crippen LogP contribution in [0.4, 0.5) is 0 Å². The second-order valence-electron chi connectivity index (χ2n) is 2.08. The van der Waals surface area contributed by atoms with Crippen LogP contribution in [0.25, 0.3) is 0 Å². The quantitative estimate of drug-likeness (QED) is 0.395. The Morgan fingerprint density at radius 2 is 2.33 bits per heavy atom. The van der Waals surface area contributed by atoms with Gasteiger partial charge in [-0.3, -0.25) is 4.90 Å². The van der Waals surface area contributed by atoms with Gasteiger partial charge in [-0.2, -0.15) is 0 Å². The Bertz CT molecular complexity index is 123. The number of rotatable bonds is 3. The zero-order valence-corrected chi connectivity index (χ0v) is 5.79. The van der Waals surface area contributed by atoms with Gasteiger partial charge in [0.05, 0.1) is 6.04 Å². The van der Waals surface area contributed by atoms with E-state index >= 15 is 0 Å². The number of nitrogens with zero attached hydrogens (tertiary/aromatic N) is 1. The molecule has 2 nitrogen and oxygen atoms in total. The Morgan fingerprint density at radius 3 is 2.44 bits per heavy atom. The summed E-state index contributed by atoms with van der Waals surface area (Å²) in [6.45, 7) is 0. The van der Waals surface area contributed by atoms with E-state index in [1.165, 1.54) is 0 Å². The summed E-state index contributed by atoms with van der Waals surface area (Å²) >= 11 is 0. The summed E-state index contributed by atoms with van der Waals surface area (Å²) in [6, 6.07) is -0.116. The van der Waals surface area contributed by atoms with Gasteiger partial charge in [-0.15, -0.1) is 12.3 Å². The molecule has 1 unspecified atom stereocenters. The Kier molecular flexibility index (Phi) is 3.74. The number of hydrogen-bond donors (Lipinski definition) is 0. The van der Waals surface area contributed by atoms with E-state index in [0.29, 0.717) is 6.42 Å². The Labute approximate surface area is 55.8 Å². The molecule has 0 bridgehead atoms. The van der Waals surface area contributed by atoms with Gasteiger partial charge < -0.3 is 4.79 Å². The van der Waals surface area contributed by atoms with Crippen LogP contribution in [0.2, 0.25) is 0 Å². The smallest absolute Gasteiger partial charge is 0.138 e. The highest BCUT2D eigenvalue weighted by Gasteiger charge is 2.05. The molecule has 50 valence electrons. The lowest BCUT2D eigenvalue weighted by atomic mass is 10.2. The maximum atomic E-state index is 10.2. The fraction of sp³-hybridized carbons (Fsp3) is 0.571. The van der Waals surface area contributed by atoms with Gasteiger partial charge >= 0.3 is 0 Å². The molecule has 0 aliphatic carbocycles. The normalized spacial score (nSPS) is 12.7. The lowest BCUT2D eigenvalue weighted by molar-refractivity contribution is -0.111. The molecule has 0 fully saturated rings. The van der Waals surface area contributed by atoms with Crippen molar-refractivity contribution in [3.8, 4) is 12.3 Å². The first kappa shape index (κ1) is 8.19. The predicted octanol–water partition coefficient (Wildman–Crippen LogP) is 0.139. The van der Waals surface area contributed by atoms with Crippen LogP contribution >= 0.6 is 0 Å². The maximum absolute atomic E-state index is 10.2. The molecule has 0 aromatic carbocycles. The fourth-order valence-electron chi connectivity index (χ4n) is 0.473. The van der Waals surface area contributed by atoms with E-state index in [2.05, 4.69) is 5.92 Å². The molecular weight excluding hydrogens is 114 g/mol. The summed E-state index contributed by atoms with van der Waals surface area (Å²) in [5.74, 6) is 2.43. The van der Waals surface area contributed by atoms with Gasteiger partial charge in [0, 0.05) is 6.42 Å². The van der Waals surface area contributed by atoms with Crippen LogP contribution in [0.5, 0.6) is 0 Å². The third-order valence-electron chi connectivity index (χ3n) is 1.15. The number of terminal acetylenes is 1. The first-order valence-electron chi connectivity index (χ1n) is 2.77. The van der Waals surface area contributed by atoms with Gasteiger partial charge in [0.1, 0.15) is 6.29 Å². The van der Waals surface area contributed by atoms with Gasteiger partial charge in [-0.05, 0) is 14.1 Å². The van der Waals surface area contributed by atoms with Crippen molar-refractivity contribution < 1.29 is 4.79 Å². The number of carbonyl (C=O) groups is 1. The molecule has 0 N–H and O–H groups in total. The van der Waals surface area contributed by atoms with Crippen LogP contribution in [0.3, 0.4) is 0 Å². The first-order valence-corrected chi connectivity index (χ1v) is 2.77. The van der Waals surface area contributed by atoms with Crippen LogP contribution in [-0.2, 0) is 4.79 Å². The Hall–Kier alpha value is -0.810. The molecule has 0 aromatic rings. The topological polar surface area (TPSA) is 20.3 Å². The van der Waals surface area contributed by atoms with Crippen molar-refractivity contribution in [3.63, 3.8) is 0 Å². The predicted molar refractivity (Wildman–Crippen MR) is 37.0 cm³/mol. The van der Waals surface area contributed by atoms with E-state index in [0.717, 1.165) is 6.29 Å². The Morgan fingerprint density at radius 1 is 1.78 bits per heavy atom. The van der Waals surface area contributed by atoms with Crippen molar-refractivity contribution in [2.45, 2.75) is 12.5 Å². The molecule has 0 saturated carbocycles. The standard InChI is InChI=1S/C7H11NO/c1-4-5-7(6-9)8(2)3/h1,6-7H,5H2,2-3H3. The molecule has 0 heterocycles. The number of aldehydes is 1. The monoisotopic (exact) mass is 125 g/mol. The van der Waals surface area contributed by atoms with Gasteiger partial charge in [-0.25, -0.2) is 0 Å². The molecular formula is C7H11NO. The van der Waals surface area contributed by atoms with E-state index < -0.39 is 0 Å². The van der Waals surface area contributed by atoms with Crippen molar-refractivity contribution >= 4 is 6.29 Å². The lowest BCUT2D eigenvalue weighted by Crippen LogP contribution is -2.28. The van der Waals surface area contributed by atoms with E-state index in [9.17, 15) is 4.79 Å². The van der Waals surface area contributed by atoms with Gasteiger partial charge in [0.15, 0.2) is 0 Å². The van der Waals surface area contributed by atoms with Crippen LogP contribution in [0, 0.1) is 12.3 Å². The molecule has 9 heavy (non-hydrogen) atoms. The molecule has 0 amide bonds. The molecule has 0 aliphatic heterocycles. The molecule has 0 aromatic heterocycles. The highest BCUT2D eigenvalue weighted by Crippen LogP contribution is 1.92. The van der Waals surface area contributed by atoms with Crippen molar-refractivity contribution in [2.75, 3.05) is 14.1 Å². The van der Waals surface area contributed by atoms with E-state index in [4.69, 9.17) is 6.42 Å². The third-order valence-corrected chi connectivity index (χ3v) is 1.15. The van der Waals surface area contributed by atoms with Crippen molar-refractivity contribution in [1.29, 1.82) is 0 Å². The van der Waals surface area contributed by atoms with E-state index in [1.807, 2.05) is 14.1 Å². The van der Waals surface area contributed by atoms with Crippen LogP contribution in [0.15, 0.2) is 0 Å². The summed E-state index contributed by atoms with van der Waals surface area (Å²) in [4.78, 5) is 12.0. The zero-order valence-electron chi connectivity index (χ0n) is 5.79. The minimum absolute atomic E-state index is 0.116. The van der Waals surface area contributed by atoms with Gasteiger partial charge in [0.2, 0.25) is 0 Å². The summed E-state index contributed by atoms with van der Waals surface area (Å²) < 4.78 is 0. The Balaban J connectivity index is 3.71. The molecule has 0 aliphatic rings. The molecule has 2 heteroatoms. The minimum atomic E-state index is -0.116. The average Bonchev–Trinajstić information content (AvgIpc) is 1.82.